The van der Waals surface area contributed by atoms with Crippen molar-refractivity contribution in [3.05, 3.63) is 23.0 Å². The van der Waals surface area contributed by atoms with Crippen LogP contribution in [0.3, 0.4) is 0 Å². The minimum Gasteiger partial charge on any atom is -0.149 e. The van der Waals surface area contributed by atoms with Gasteiger partial charge in [0.05, 0.1) is 0 Å². The SMILES string of the molecule is C#C[SH]1C=CC=C1. The van der Waals surface area contributed by atoms with E-state index in [1.54, 1.807) is 0 Å². The Balaban J connectivity index is 2.65. The van der Waals surface area contributed by atoms with Crippen molar-refractivity contribution in [1.82, 2.24) is 0 Å². The fourth-order valence-corrected chi connectivity index (χ4v) is 1.26. The Morgan fingerprint density at radius 1 is 1.29 bits per heavy atom. The molecule has 7 heavy (non-hydrogen) atoms. The summed E-state index contributed by atoms with van der Waals surface area (Å²) >= 11 is 0. The van der Waals surface area contributed by atoms with Gasteiger partial charge in [-0.3, -0.25) is 0 Å². The van der Waals surface area contributed by atoms with Crippen LogP contribution in [-0.2, 0) is 0 Å². The minimum atomic E-state index is -0.276. The number of hydrogen-bond donors (Lipinski definition) is 1. The van der Waals surface area contributed by atoms with Gasteiger partial charge in [0.25, 0.3) is 0 Å². The molecule has 1 heterocycles. The second kappa shape index (κ2) is 1.90. The van der Waals surface area contributed by atoms with Crippen molar-refractivity contribution in [3.8, 4) is 11.7 Å². The van der Waals surface area contributed by atoms with Crippen LogP contribution in [0.15, 0.2) is 23.0 Å². The van der Waals surface area contributed by atoms with Crippen molar-refractivity contribution in [2.24, 2.45) is 0 Å². The van der Waals surface area contributed by atoms with Gasteiger partial charge < -0.3 is 0 Å². The van der Waals surface area contributed by atoms with E-state index in [1.165, 1.54) is 0 Å². The predicted molar refractivity (Wildman–Crippen MR) is 36.1 cm³/mol. The first-order chi connectivity index (χ1) is 3.43. The van der Waals surface area contributed by atoms with E-state index < -0.39 is 0 Å². The van der Waals surface area contributed by atoms with Crippen molar-refractivity contribution < 1.29 is 0 Å². The molecule has 0 saturated heterocycles. The molecule has 1 heteroatoms. The van der Waals surface area contributed by atoms with E-state index in [0.717, 1.165) is 0 Å². The largest absolute Gasteiger partial charge is 0.149 e. The molecule has 36 valence electrons. The smallest absolute Gasteiger partial charge is 0.0349 e. The molecule has 0 aromatic heterocycles. The highest BCUT2D eigenvalue weighted by Crippen LogP contribution is 2.29. The van der Waals surface area contributed by atoms with Crippen molar-refractivity contribution in [1.29, 1.82) is 0 Å². The summed E-state index contributed by atoms with van der Waals surface area (Å²) < 4.78 is 0. The number of thiol groups is 1. The molecule has 1 rings (SSSR count). The highest BCUT2D eigenvalue weighted by atomic mass is 32.2. The maximum atomic E-state index is 5.11. The Kier molecular flexibility index (Phi) is 1.24. The number of hydrogen-bond acceptors (Lipinski definition) is 0. The average Bonchev–Trinajstić information content (AvgIpc) is 2.14. The molecule has 0 nitrogen and oxygen atoms in total. The molecule has 0 unspecified atom stereocenters. The Morgan fingerprint density at radius 2 is 1.86 bits per heavy atom. The lowest BCUT2D eigenvalue weighted by atomic mass is 10.6. The van der Waals surface area contributed by atoms with Gasteiger partial charge >= 0.3 is 0 Å². The fraction of sp³-hybridized carbons (Fsp3) is 0. The van der Waals surface area contributed by atoms with E-state index >= 15 is 0 Å². The minimum absolute atomic E-state index is 0.276. The van der Waals surface area contributed by atoms with Gasteiger partial charge in [-0.2, -0.15) is 0 Å². The summed E-state index contributed by atoms with van der Waals surface area (Å²) in [6.07, 6.45) is 9.09. The first-order valence-corrected chi connectivity index (χ1v) is 3.51. The molecular formula is C6H6S. The Morgan fingerprint density at radius 3 is 2.14 bits per heavy atom. The van der Waals surface area contributed by atoms with Gasteiger partial charge in [-0.1, -0.05) is 17.4 Å². The molecule has 0 saturated carbocycles. The maximum Gasteiger partial charge on any atom is -0.0349 e. The molecule has 0 fully saturated rings. The second-order valence-corrected chi connectivity index (χ2v) is 2.89. The van der Waals surface area contributed by atoms with Gasteiger partial charge in [0.1, 0.15) is 0 Å². The molecule has 0 amide bonds. The quantitative estimate of drug-likeness (QED) is 0.355. The summed E-state index contributed by atoms with van der Waals surface area (Å²) in [7, 11) is -0.276. The molecule has 0 atom stereocenters. The predicted octanol–water partition coefficient (Wildman–Crippen LogP) is 1.62. The van der Waals surface area contributed by atoms with Crippen LogP contribution in [0.2, 0.25) is 0 Å². The highest BCUT2D eigenvalue weighted by molar-refractivity contribution is 8.26. The Bertz CT molecular complexity index is 136. The van der Waals surface area contributed by atoms with Crippen molar-refractivity contribution in [2.75, 3.05) is 0 Å². The summed E-state index contributed by atoms with van der Waals surface area (Å²) in [5.74, 6) is 0. The van der Waals surface area contributed by atoms with E-state index in [1.807, 2.05) is 12.2 Å². The van der Waals surface area contributed by atoms with Gasteiger partial charge in [0.15, 0.2) is 0 Å². The van der Waals surface area contributed by atoms with Crippen LogP contribution in [-0.4, -0.2) is 0 Å². The average molecular weight is 110 g/mol. The molecule has 1 aliphatic rings. The first kappa shape index (κ1) is 4.55. The van der Waals surface area contributed by atoms with Crippen molar-refractivity contribution in [3.63, 3.8) is 0 Å². The molecular weight excluding hydrogens is 104 g/mol. The van der Waals surface area contributed by atoms with Gasteiger partial charge in [-0.15, -0.1) is 17.3 Å². The van der Waals surface area contributed by atoms with Crippen LogP contribution in [0.1, 0.15) is 0 Å². The third-order valence-electron chi connectivity index (χ3n) is 0.754. The molecule has 0 bridgehead atoms. The van der Waals surface area contributed by atoms with Crippen LogP contribution in [0.4, 0.5) is 0 Å². The van der Waals surface area contributed by atoms with Crippen LogP contribution in [0.5, 0.6) is 0 Å². The lowest BCUT2D eigenvalue weighted by molar-refractivity contribution is 2.15. The zero-order valence-corrected chi connectivity index (χ0v) is 4.73. The molecule has 0 aromatic rings. The third kappa shape index (κ3) is 0.880. The molecule has 0 spiro atoms. The monoisotopic (exact) mass is 110 g/mol. The molecule has 1 aliphatic heterocycles. The molecule has 0 aromatic carbocycles. The van der Waals surface area contributed by atoms with Gasteiger partial charge in [-0.05, 0) is 10.8 Å². The second-order valence-electron chi connectivity index (χ2n) is 1.22. The first-order valence-electron chi connectivity index (χ1n) is 2.03. The number of terminal acetylenes is 1. The summed E-state index contributed by atoms with van der Waals surface area (Å²) in [5.41, 5.74) is 0. The van der Waals surface area contributed by atoms with Crippen LogP contribution in [0, 0.1) is 11.7 Å². The van der Waals surface area contributed by atoms with Gasteiger partial charge in [-0.25, -0.2) is 0 Å². The van der Waals surface area contributed by atoms with E-state index in [4.69, 9.17) is 6.42 Å². The Labute approximate surface area is 46.3 Å². The van der Waals surface area contributed by atoms with E-state index in [2.05, 4.69) is 16.1 Å². The lowest BCUT2D eigenvalue weighted by Gasteiger charge is -1.92. The highest BCUT2D eigenvalue weighted by Gasteiger charge is 1.88. The van der Waals surface area contributed by atoms with E-state index in [9.17, 15) is 0 Å². The standard InChI is InChI=1S/C6H6S/c1-2-7-5-3-4-6-7/h1,3-7H. The van der Waals surface area contributed by atoms with E-state index in [-0.39, 0.29) is 10.9 Å². The van der Waals surface area contributed by atoms with Crippen LogP contribution in [0.25, 0.3) is 0 Å². The molecule has 0 radical (unpaired) electrons. The maximum absolute atomic E-state index is 5.11. The van der Waals surface area contributed by atoms with Crippen LogP contribution >= 0.6 is 10.9 Å². The fourth-order valence-electron chi connectivity index (χ4n) is 0.421. The summed E-state index contributed by atoms with van der Waals surface area (Å²) in [6, 6.07) is 0. The molecule has 0 N–H and O–H groups in total. The third-order valence-corrected chi connectivity index (χ3v) is 2.04. The zero-order valence-electron chi connectivity index (χ0n) is 3.83. The van der Waals surface area contributed by atoms with Crippen LogP contribution < -0.4 is 0 Å². The summed E-state index contributed by atoms with van der Waals surface area (Å²) in [5, 5.41) is 6.76. The van der Waals surface area contributed by atoms with Crippen molar-refractivity contribution in [2.45, 2.75) is 0 Å². The van der Waals surface area contributed by atoms with E-state index in [0.29, 0.717) is 0 Å². The number of rotatable bonds is 0. The van der Waals surface area contributed by atoms with Gasteiger partial charge in [0.2, 0.25) is 0 Å². The zero-order chi connectivity index (χ0) is 5.11. The Hall–Kier alpha value is -0.610. The summed E-state index contributed by atoms with van der Waals surface area (Å²) in [6.45, 7) is 0. The van der Waals surface area contributed by atoms with Crippen molar-refractivity contribution >= 4 is 10.9 Å². The number of allylic oxidation sites excluding steroid dienone is 2. The summed E-state index contributed by atoms with van der Waals surface area (Å²) in [4.78, 5) is 0. The topological polar surface area (TPSA) is 0 Å². The lowest BCUT2D eigenvalue weighted by Crippen LogP contribution is -1.50. The van der Waals surface area contributed by atoms with Gasteiger partial charge in [0, 0.05) is 0 Å². The normalized spacial score (nSPS) is 20.1. The molecule has 0 aliphatic carbocycles.